The molecule has 4 nitrogen and oxygen atoms in total. The van der Waals surface area contributed by atoms with E-state index >= 15 is 0 Å². The number of ether oxygens (including phenoxy) is 1. The van der Waals surface area contributed by atoms with Gasteiger partial charge in [0, 0.05) is 48.3 Å². The Balaban J connectivity index is 1.45. The standard InChI is InChI=1S/C24H29NO3S/c1-2-18-6-8-20(9-7-18)23(26)10-11-24(27)25-21-5-3-4-19(16-21)17-29-22-12-14-28-15-13-22/h3-9,16,22H,2,10-15,17H2,1H3,(H,25,27). The number of hydrogen-bond acceptors (Lipinski definition) is 4. The Morgan fingerprint density at radius 1 is 1.03 bits per heavy atom. The van der Waals surface area contributed by atoms with Crippen molar-refractivity contribution in [3.63, 3.8) is 0 Å². The average Bonchev–Trinajstić information content (AvgIpc) is 2.77. The Morgan fingerprint density at radius 2 is 1.79 bits per heavy atom. The van der Waals surface area contributed by atoms with Crippen LogP contribution in [0, 0.1) is 0 Å². The van der Waals surface area contributed by atoms with Gasteiger partial charge in [-0.25, -0.2) is 0 Å². The second kappa shape index (κ2) is 11.2. The fourth-order valence-electron chi connectivity index (χ4n) is 3.32. The van der Waals surface area contributed by atoms with E-state index in [-0.39, 0.29) is 24.5 Å². The summed E-state index contributed by atoms with van der Waals surface area (Å²) in [4.78, 5) is 24.6. The number of carbonyl (C=O) groups excluding carboxylic acids is 2. The highest BCUT2D eigenvalue weighted by Crippen LogP contribution is 2.26. The summed E-state index contributed by atoms with van der Waals surface area (Å²) in [6.07, 6.45) is 3.57. The van der Waals surface area contributed by atoms with Crippen LogP contribution in [0.5, 0.6) is 0 Å². The molecule has 0 atom stereocenters. The van der Waals surface area contributed by atoms with Gasteiger partial charge in [0.25, 0.3) is 0 Å². The summed E-state index contributed by atoms with van der Waals surface area (Å²) in [5, 5.41) is 3.58. The zero-order valence-corrected chi connectivity index (χ0v) is 17.8. The molecular weight excluding hydrogens is 382 g/mol. The van der Waals surface area contributed by atoms with Crippen molar-refractivity contribution in [3.05, 3.63) is 65.2 Å². The third-order valence-corrected chi connectivity index (χ3v) is 6.57. The Bertz CT molecular complexity index is 813. The number of benzene rings is 2. The second-order valence-corrected chi connectivity index (χ2v) is 8.63. The first-order chi connectivity index (χ1) is 14.1. The lowest BCUT2D eigenvalue weighted by atomic mass is 10.0. The number of thioether (sulfide) groups is 1. The summed E-state index contributed by atoms with van der Waals surface area (Å²) in [5.41, 5.74) is 3.86. The van der Waals surface area contributed by atoms with Crippen molar-refractivity contribution in [1.82, 2.24) is 0 Å². The Hall–Kier alpha value is -2.11. The zero-order chi connectivity index (χ0) is 20.5. The van der Waals surface area contributed by atoms with Gasteiger partial charge in [0.2, 0.25) is 5.91 Å². The molecule has 1 aliphatic heterocycles. The van der Waals surface area contributed by atoms with E-state index in [2.05, 4.69) is 18.3 Å². The minimum Gasteiger partial charge on any atom is -0.381 e. The zero-order valence-electron chi connectivity index (χ0n) is 17.0. The lowest BCUT2D eigenvalue weighted by Gasteiger charge is -2.21. The summed E-state index contributed by atoms with van der Waals surface area (Å²) >= 11 is 1.96. The minimum absolute atomic E-state index is 0.00409. The fraction of sp³-hybridized carbons (Fsp3) is 0.417. The normalized spacial score (nSPS) is 14.5. The smallest absolute Gasteiger partial charge is 0.224 e. The summed E-state index contributed by atoms with van der Waals surface area (Å²) in [5.74, 6) is 0.808. The first kappa shape index (κ1) is 21.6. The molecule has 1 aliphatic rings. The van der Waals surface area contributed by atoms with Crippen LogP contribution in [0.4, 0.5) is 5.69 Å². The highest BCUT2D eigenvalue weighted by molar-refractivity contribution is 7.99. The maximum absolute atomic E-state index is 12.3. The van der Waals surface area contributed by atoms with Crippen molar-refractivity contribution >= 4 is 29.1 Å². The summed E-state index contributed by atoms with van der Waals surface area (Å²) in [7, 11) is 0. The van der Waals surface area contributed by atoms with Crippen molar-refractivity contribution in [1.29, 1.82) is 0 Å². The van der Waals surface area contributed by atoms with Gasteiger partial charge in [-0.15, -0.1) is 0 Å². The maximum Gasteiger partial charge on any atom is 0.224 e. The van der Waals surface area contributed by atoms with Crippen LogP contribution < -0.4 is 5.32 Å². The molecule has 3 rings (SSSR count). The van der Waals surface area contributed by atoms with E-state index in [0.717, 1.165) is 43.9 Å². The molecule has 1 fully saturated rings. The van der Waals surface area contributed by atoms with Crippen LogP contribution in [0.25, 0.3) is 0 Å². The number of hydrogen-bond donors (Lipinski definition) is 1. The Labute approximate surface area is 177 Å². The number of Topliss-reactive ketones (excluding diaryl/α,β-unsaturated/α-hetero) is 1. The van der Waals surface area contributed by atoms with Crippen molar-refractivity contribution in [2.75, 3.05) is 18.5 Å². The first-order valence-electron chi connectivity index (χ1n) is 10.3. The lowest BCUT2D eigenvalue weighted by molar-refractivity contribution is -0.116. The second-order valence-electron chi connectivity index (χ2n) is 7.34. The van der Waals surface area contributed by atoms with Gasteiger partial charge < -0.3 is 10.1 Å². The number of aryl methyl sites for hydroxylation is 1. The van der Waals surface area contributed by atoms with E-state index in [1.54, 1.807) is 0 Å². The van der Waals surface area contributed by atoms with Gasteiger partial charge in [-0.2, -0.15) is 11.8 Å². The van der Waals surface area contributed by atoms with E-state index < -0.39 is 0 Å². The first-order valence-corrected chi connectivity index (χ1v) is 11.4. The highest BCUT2D eigenvalue weighted by atomic mass is 32.2. The molecule has 0 saturated carbocycles. The quantitative estimate of drug-likeness (QED) is 0.572. The molecule has 2 aromatic carbocycles. The van der Waals surface area contributed by atoms with Crippen LogP contribution in [0.1, 0.15) is 54.1 Å². The minimum atomic E-state index is -0.127. The molecule has 1 saturated heterocycles. The van der Waals surface area contributed by atoms with Gasteiger partial charge in [0.05, 0.1) is 0 Å². The summed E-state index contributed by atoms with van der Waals surface area (Å²) < 4.78 is 5.41. The molecule has 154 valence electrons. The van der Waals surface area contributed by atoms with Gasteiger partial charge in [0.1, 0.15) is 0 Å². The van der Waals surface area contributed by atoms with Crippen molar-refractivity contribution < 1.29 is 14.3 Å². The van der Waals surface area contributed by atoms with E-state index in [0.29, 0.717) is 10.8 Å². The van der Waals surface area contributed by atoms with Gasteiger partial charge in [0.15, 0.2) is 5.78 Å². The predicted octanol–water partition coefficient (Wildman–Crippen LogP) is 5.26. The van der Waals surface area contributed by atoms with Crippen molar-refractivity contribution in [3.8, 4) is 0 Å². The predicted molar refractivity (Wildman–Crippen MR) is 120 cm³/mol. The lowest BCUT2D eigenvalue weighted by Crippen LogP contribution is -2.17. The highest BCUT2D eigenvalue weighted by Gasteiger charge is 2.14. The number of rotatable bonds is 9. The molecule has 0 aliphatic carbocycles. The third-order valence-electron chi connectivity index (χ3n) is 5.13. The summed E-state index contributed by atoms with van der Waals surface area (Å²) in [6, 6.07) is 15.6. The van der Waals surface area contributed by atoms with Crippen molar-refractivity contribution in [2.45, 2.75) is 50.0 Å². The number of amides is 1. The average molecular weight is 412 g/mol. The number of ketones is 1. The SMILES string of the molecule is CCc1ccc(C(=O)CCC(=O)Nc2cccc(CSC3CCOCC3)c2)cc1. The number of carbonyl (C=O) groups is 2. The molecule has 0 spiro atoms. The van der Waals surface area contributed by atoms with Crippen LogP contribution in [-0.2, 0) is 21.7 Å². The fourth-order valence-corrected chi connectivity index (χ4v) is 4.45. The molecule has 2 aromatic rings. The van der Waals surface area contributed by atoms with Gasteiger partial charge in [-0.1, -0.05) is 43.3 Å². The van der Waals surface area contributed by atoms with Crippen LogP contribution in [-0.4, -0.2) is 30.2 Å². The number of nitrogens with one attached hydrogen (secondary N) is 1. The summed E-state index contributed by atoms with van der Waals surface area (Å²) in [6.45, 7) is 3.80. The van der Waals surface area contributed by atoms with E-state index in [4.69, 9.17) is 4.74 Å². The topological polar surface area (TPSA) is 55.4 Å². The van der Waals surface area contributed by atoms with E-state index in [1.165, 1.54) is 11.1 Å². The van der Waals surface area contributed by atoms with Gasteiger partial charge in [-0.05, 0) is 42.5 Å². The largest absolute Gasteiger partial charge is 0.381 e. The molecule has 1 heterocycles. The van der Waals surface area contributed by atoms with Crippen LogP contribution in [0.3, 0.4) is 0 Å². The molecule has 1 amide bonds. The van der Waals surface area contributed by atoms with Gasteiger partial charge >= 0.3 is 0 Å². The molecule has 5 heteroatoms. The molecule has 0 bridgehead atoms. The molecule has 0 unspecified atom stereocenters. The van der Waals surface area contributed by atoms with E-state index in [9.17, 15) is 9.59 Å². The van der Waals surface area contributed by atoms with Crippen LogP contribution in [0.2, 0.25) is 0 Å². The van der Waals surface area contributed by atoms with Crippen molar-refractivity contribution in [2.24, 2.45) is 0 Å². The molecule has 29 heavy (non-hydrogen) atoms. The maximum atomic E-state index is 12.3. The molecule has 1 N–H and O–H groups in total. The molecular formula is C24H29NO3S. The number of anilines is 1. The van der Waals surface area contributed by atoms with Gasteiger partial charge in [-0.3, -0.25) is 9.59 Å². The Morgan fingerprint density at radius 3 is 2.52 bits per heavy atom. The molecule has 0 radical (unpaired) electrons. The van der Waals surface area contributed by atoms with Crippen LogP contribution in [0.15, 0.2) is 48.5 Å². The third kappa shape index (κ3) is 7.02. The monoisotopic (exact) mass is 411 g/mol. The van der Waals surface area contributed by atoms with E-state index in [1.807, 2.05) is 54.2 Å². The Kier molecular flexibility index (Phi) is 8.32. The molecule has 0 aromatic heterocycles. The van der Waals surface area contributed by atoms with Crippen LogP contribution >= 0.6 is 11.8 Å².